The lowest BCUT2D eigenvalue weighted by Crippen LogP contribution is -2.37. The molecule has 1 aliphatic heterocycles. The van der Waals surface area contributed by atoms with Crippen LogP contribution in [-0.2, 0) is 4.79 Å². The number of benzene rings is 1. The molecular weight excluding hydrogens is 290 g/mol. The lowest BCUT2D eigenvalue weighted by molar-refractivity contribution is -0.138. The minimum Gasteiger partial charge on any atom is -0.480 e. The van der Waals surface area contributed by atoms with Crippen LogP contribution in [0.2, 0.25) is 0 Å². The lowest BCUT2D eigenvalue weighted by Gasteiger charge is -2.27. The van der Waals surface area contributed by atoms with Crippen LogP contribution < -0.4 is 4.90 Å². The molecule has 1 saturated heterocycles. The molecule has 5 heteroatoms. The van der Waals surface area contributed by atoms with Crippen LogP contribution in [0.1, 0.15) is 19.3 Å². The summed E-state index contributed by atoms with van der Waals surface area (Å²) in [5, 5.41) is 8.93. The second kappa shape index (κ2) is 8.89. The number of likely N-dealkylation sites (tertiary alicyclic amines) is 1. The van der Waals surface area contributed by atoms with Gasteiger partial charge in [-0.1, -0.05) is 18.2 Å². The second-order valence-electron chi connectivity index (χ2n) is 6.49. The van der Waals surface area contributed by atoms with E-state index < -0.39 is 5.97 Å². The van der Waals surface area contributed by atoms with Gasteiger partial charge in [0, 0.05) is 31.9 Å². The Kier molecular flexibility index (Phi) is 6.86. The zero-order valence-electron chi connectivity index (χ0n) is 14.3. The zero-order valence-corrected chi connectivity index (χ0v) is 14.3. The van der Waals surface area contributed by atoms with E-state index in [9.17, 15) is 4.79 Å². The van der Waals surface area contributed by atoms with Gasteiger partial charge in [0.1, 0.15) is 0 Å². The van der Waals surface area contributed by atoms with Gasteiger partial charge in [0.05, 0.1) is 6.54 Å². The van der Waals surface area contributed by atoms with E-state index in [1.165, 1.54) is 5.69 Å². The van der Waals surface area contributed by atoms with Crippen LogP contribution in [0.5, 0.6) is 0 Å². The third kappa shape index (κ3) is 5.84. The Hall–Kier alpha value is -1.59. The van der Waals surface area contributed by atoms with Crippen molar-refractivity contribution in [2.24, 2.45) is 0 Å². The maximum absolute atomic E-state index is 10.9. The highest BCUT2D eigenvalue weighted by atomic mass is 16.4. The number of carboxylic acid groups (broad SMARTS) is 1. The molecule has 0 amide bonds. The highest BCUT2D eigenvalue weighted by molar-refractivity contribution is 5.69. The summed E-state index contributed by atoms with van der Waals surface area (Å²) < 4.78 is 0. The van der Waals surface area contributed by atoms with E-state index in [1.807, 2.05) is 18.0 Å². The molecule has 1 unspecified atom stereocenters. The molecule has 0 radical (unpaired) electrons. The Morgan fingerprint density at radius 3 is 2.65 bits per heavy atom. The normalized spacial score (nSPS) is 19.5. The van der Waals surface area contributed by atoms with Crippen LogP contribution in [0, 0.1) is 0 Å². The fourth-order valence-corrected chi connectivity index (χ4v) is 3.25. The summed E-state index contributed by atoms with van der Waals surface area (Å²) in [5.74, 6) is -0.738. The van der Waals surface area contributed by atoms with Crippen LogP contribution in [0.15, 0.2) is 30.3 Å². The van der Waals surface area contributed by atoms with Crippen molar-refractivity contribution in [1.29, 1.82) is 0 Å². The first-order valence-corrected chi connectivity index (χ1v) is 8.47. The zero-order chi connectivity index (χ0) is 16.7. The second-order valence-corrected chi connectivity index (χ2v) is 6.49. The maximum Gasteiger partial charge on any atom is 0.317 e. The molecule has 0 aliphatic carbocycles. The predicted octanol–water partition coefficient (Wildman–Crippen LogP) is 1.99. The minimum atomic E-state index is -0.738. The quantitative estimate of drug-likeness (QED) is 0.833. The van der Waals surface area contributed by atoms with Gasteiger partial charge < -0.3 is 14.9 Å². The Morgan fingerprint density at radius 2 is 1.96 bits per heavy atom. The van der Waals surface area contributed by atoms with Crippen molar-refractivity contribution in [3.8, 4) is 0 Å². The van der Waals surface area contributed by atoms with Gasteiger partial charge in [0.2, 0.25) is 0 Å². The van der Waals surface area contributed by atoms with E-state index in [-0.39, 0.29) is 6.54 Å². The number of nitrogens with zero attached hydrogens (tertiary/aromatic N) is 3. The van der Waals surface area contributed by atoms with Gasteiger partial charge in [0.15, 0.2) is 0 Å². The van der Waals surface area contributed by atoms with E-state index >= 15 is 0 Å². The standard InChI is InChI=1S/C18H29N3O2/c1-19(16-7-4-3-5-8-16)13-14-21-11-6-9-17(10-12-21)20(2)15-18(22)23/h3-5,7-8,17H,6,9-15H2,1-2H3,(H,22,23). The monoisotopic (exact) mass is 319 g/mol. The van der Waals surface area contributed by atoms with E-state index in [4.69, 9.17) is 5.11 Å². The number of anilines is 1. The largest absolute Gasteiger partial charge is 0.480 e. The van der Waals surface area contributed by atoms with Gasteiger partial charge in [0.25, 0.3) is 0 Å². The van der Waals surface area contributed by atoms with Gasteiger partial charge >= 0.3 is 5.97 Å². The number of rotatable bonds is 7. The average Bonchev–Trinajstić information content (AvgIpc) is 2.78. The SMILES string of the molecule is CN(CCN1CCCC(N(C)CC(=O)O)CC1)c1ccccc1. The van der Waals surface area contributed by atoms with Crippen LogP contribution in [0.4, 0.5) is 5.69 Å². The summed E-state index contributed by atoms with van der Waals surface area (Å²) in [6, 6.07) is 10.8. The lowest BCUT2D eigenvalue weighted by atomic mass is 10.1. The summed E-state index contributed by atoms with van der Waals surface area (Å²) in [6.07, 6.45) is 3.29. The molecule has 1 atom stereocenters. The Labute approximate surface area is 139 Å². The minimum absolute atomic E-state index is 0.140. The van der Waals surface area contributed by atoms with Crippen molar-refractivity contribution < 1.29 is 9.90 Å². The van der Waals surface area contributed by atoms with Crippen molar-refractivity contribution in [3.05, 3.63) is 30.3 Å². The molecule has 5 nitrogen and oxygen atoms in total. The molecule has 1 heterocycles. The fourth-order valence-electron chi connectivity index (χ4n) is 3.25. The Balaban J connectivity index is 1.76. The van der Waals surface area contributed by atoms with E-state index in [0.717, 1.165) is 45.4 Å². The highest BCUT2D eigenvalue weighted by Crippen LogP contribution is 2.16. The molecule has 1 aromatic carbocycles. The number of hydrogen-bond acceptors (Lipinski definition) is 4. The first-order chi connectivity index (χ1) is 11.1. The molecule has 1 aliphatic rings. The molecule has 0 aromatic heterocycles. The summed E-state index contributed by atoms with van der Waals surface area (Å²) >= 11 is 0. The summed E-state index contributed by atoms with van der Waals surface area (Å²) in [5.41, 5.74) is 1.25. The molecule has 0 spiro atoms. The number of para-hydroxylation sites is 1. The van der Waals surface area contributed by atoms with Crippen molar-refractivity contribution >= 4 is 11.7 Å². The average molecular weight is 319 g/mol. The van der Waals surface area contributed by atoms with E-state index in [1.54, 1.807) is 0 Å². The molecular formula is C18H29N3O2. The van der Waals surface area contributed by atoms with Gasteiger partial charge in [-0.3, -0.25) is 9.69 Å². The fraction of sp³-hybridized carbons (Fsp3) is 0.611. The van der Waals surface area contributed by atoms with E-state index in [0.29, 0.717) is 6.04 Å². The number of aliphatic carboxylic acids is 1. The Morgan fingerprint density at radius 1 is 1.22 bits per heavy atom. The number of hydrogen-bond donors (Lipinski definition) is 1. The summed E-state index contributed by atoms with van der Waals surface area (Å²) in [7, 11) is 4.06. The molecule has 1 N–H and O–H groups in total. The molecule has 0 saturated carbocycles. The number of carboxylic acids is 1. The molecule has 1 aromatic rings. The van der Waals surface area contributed by atoms with Gasteiger partial charge in [-0.25, -0.2) is 0 Å². The van der Waals surface area contributed by atoms with Gasteiger partial charge in [-0.2, -0.15) is 0 Å². The topological polar surface area (TPSA) is 47.0 Å². The molecule has 128 valence electrons. The van der Waals surface area contributed by atoms with Crippen LogP contribution in [-0.4, -0.2) is 73.7 Å². The predicted molar refractivity (Wildman–Crippen MR) is 94.1 cm³/mol. The number of carbonyl (C=O) groups is 1. The van der Waals surface area contributed by atoms with Crippen molar-refractivity contribution in [2.45, 2.75) is 25.3 Å². The van der Waals surface area contributed by atoms with Crippen molar-refractivity contribution in [3.63, 3.8) is 0 Å². The van der Waals surface area contributed by atoms with Crippen LogP contribution in [0.25, 0.3) is 0 Å². The first kappa shape index (κ1) is 17.8. The van der Waals surface area contributed by atoms with Crippen molar-refractivity contribution in [2.75, 3.05) is 51.7 Å². The van der Waals surface area contributed by atoms with Gasteiger partial charge in [-0.15, -0.1) is 0 Å². The smallest absolute Gasteiger partial charge is 0.317 e. The van der Waals surface area contributed by atoms with E-state index in [2.05, 4.69) is 41.1 Å². The third-order valence-electron chi connectivity index (χ3n) is 4.75. The van der Waals surface area contributed by atoms with Gasteiger partial charge in [-0.05, 0) is 51.5 Å². The number of likely N-dealkylation sites (N-methyl/N-ethyl adjacent to an activating group) is 2. The van der Waals surface area contributed by atoms with Crippen LogP contribution in [0.3, 0.4) is 0 Å². The molecule has 2 rings (SSSR count). The summed E-state index contributed by atoms with van der Waals surface area (Å²) in [4.78, 5) is 17.6. The van der Waals surface area contributed by atoms with Crippen LogP contribution >= 0.6 is 0 Å². The molecule has 0 bridgehead atoms. The highest BCUT2D eigenvalue weighted by Gasteiger charge is 2.21. The third-order valence-corrected chi connectivity index (χ3v) is 4.75. The van der Waals surface area contributed by atoms with Crippen molar-refractivity contribution in [1.82, 2.24) is 9.80 Å². The maximum atomic E-state index is 10.9. The Bertz CT molecular complexity index is 480. The first-order valence-electron chi connectivity index (χ1n) is 8.47. The molecule has 1 fully saturated rings. The summed E-state index contributed by atoms with van der Waals surface area (Å²) in [6.45, 7) is 4.37. The molecule has 23 heavy (non-hydrogen) atoms.